The van der Waals surface area contributed by atoms with Crippen molar-refractivity contribution in [3.63, 3.8) is 0 Å². The summed E-state index contributed by atoms with van der Waals surface area (Å²) in [5.41, 5.74) is 4.70. The van der Waals surface area contributed by atoms with E-state index >= 15 is 0 Å². The Morgan fingerprint density at radius 1 is 1.40 bits per heavy atom. The molecule has 1 aliphatic heterocycles. The molecular formula is C14H12F2N2O2. The number of hydrazine groups is 1. The van der Waals surface area contributed by atoms with Crippen molar-refractivity contribution >= 4 is 11.7 Å². The van der Waals surface area contributed by atoms with Gasteiger partial charge in [-0.1, -0.05) is 0 Å². The molecule has 1 saturated carbocycles. The van der Waals surface area contributed by atoms with Crippen LogP contribution in [0.1, 0.15) is 12.8 Å². The number of carbonyl (C=O) groups is 1. The molecule has 0 amide bonds. The number of halogens is 2. The lowest BCUT2D eigenvalue weighted by Gasteiger charge is -2.24. The summed E-state index contributed by atoms with van der Waals surface area (Å²) in [5, 5.41) is 10.8. The second kappa shape index (κ2) is 3.79. The highest BCUT2D eigenvalue weighted by molar-refractivity contribution is 5.81. The van der Waals surface area contributed by atoms with Crippen LogP contribution in [0.25, 0.3) is 0 Å². The van der Waals surface area contributed by atoms with Crippen LogP contribution in [0, 0.1) is 23.5 Å². The molecule has 1 aromatic rings. The molecule has 4 rings (SSSR count). The Bertz CT molecular complexity index is 659. The van der Waals surface area contributed by atoms with Crippen LogP contribution in [0.15, 0.2) is 29.5 Å². The van der Waals surface area contributed by atoms with Gasteiger partial charge in [0.15, 0.2) is 5.82 Å². The maximum absolute atomic E-state index is 13.9. The molecule has 4 nitrogen and oxygen atoms in total. The van der Waals surface area contributed by atoms with E-state index in [1.165, 1.54) is 17.1 Å². The minimum atomic E-state index is -0.969. The Kier molecular flexibility index (Phi) is 2.24. The number of hydrogen-bond donors (Lipinski definition) is 2. The van der Waals surface area contributed by atoms with E-state index in [1.54, 1.807) is 0 Å². The van der Waals surface area contributed by atoms with Gasteiger partial charge in [-0.05, 0) is 36.5 Å². The molecule has 20 heavy (non-hydrogen) atoms. The molecule has 0 spiro atoms. The van der Waals surface area contributed by atoms with Crippen molar-refractivity contribution in [3.8, 4) is 0 Å². The molecule has 3 aliphatic rings. The quantitative estimate of drug-likeness (QED) is 0.869. The summed E-state index contributed by atoms with van der Waals surface area (Å²) in [4.78, 5) is 11.3. The summed E-state index contributed by atoms with van der Waals surface area (Å²) in [6.07, 6.45) is 1.77. The normalized spacial score (nSPS) is 30.5. The van der Waals surface area contributed by atoms with Gasteiger partial charge in [-0.15, -0.1) is 0 Å². The maximum Gasteiger partial charge on any atom is 0.326 e. The van der Waals surface area contributed by atoms with E-state index < -0.39 is 23.6 Å². The fourth-order valence-corrected chi connectivity index (χ4v) is 3.35. The van der Waals surface area contributed by atoms with Crippen LogP contribution >= 0.6 is 0 Å². The molecule has 0 saturated heterocycles. The van der Waals surface area contributed by atoms with Gasteiger partial charge < -0.3 is 5.11 Å². The van der Waals surface area contributed by atoms with E-state index in [0.717, 1.165) is 30.2 Å². The Hall–Kier alpha value is -1.95. The Labute approximate surface area is 113 Å². The van der Waals surface area contributed by atoms with E-state index in [4.69, 9.17) is 0 Å². The molecule has 1 fully saturated rings. The Morgan fingerprint density at radius 3 is 2.90 bits per heavy atom. The summed E-state index contributed by atoms with van der Waals surface area (Å²) < 4.78 is 26.9. The molecule has 1 heterocycles. The fourth-order valence-electron chi connectivity index (χ4n) is 3.35. The lowest BCUT2D eigenvalue weighted by atomic mass is 10.0. The smallest absolute Gasteiger partial charge is 0.326 e. The lowest BCUT2D eigenvalue weighted by Crippen LogP contribution is -2.43. The molecule has 0 bridgehead atoms. The van der Waals surface area contributed by atoms with Gasteiger partial charge in [0.1, 0.15) is 11.9 Å². The van der Waals surface area contributed by atoms with Crippen molar-refractivity contribution in [2.24, 2.45) is 11.8 Å². The zero-order valence-electron chi connectivity index (χ0n) is 10.4. The summed E-state index contributed by atoms with van der Waals surface area (Å²) >= 11 is 0. The number of carboxylic acid groups (broad SMARTS) is 1. The van der Waals surface area contributed by atoms with Crippen LogP contribution in [0.2, 0.25) is 0 Å². The molecule has 0 radical (unpaired) electrons. The summed E-state index contributed by atoms with van der Waals surface area (Å²) in [7, 11) is 0. The molecule has 6 heteroatoms. The van der Waals surface area contributed by atoms with Gasteiger partial charge in [0.2, 0.25) is 0 Å². The first-order chi connectivity index (χ1) is 9.56. The summed E-state index contributed by atoms with van der Waals surface area (Å²) in [6.45, 7) is 0. The first-order valence-corrected chi connectivity index (χ1v) is 6.53. The molecule has 104 valence electrons. The number of nitrogens with zero attached hydrogens (tertiary/aromatic N) is 1. The van der Waals surface area contributed by atoms with Crippen LogP contribution in [0.4, 0.5) is 14.5 Å². The standard InChI is InChI=1S/C14H12F2N2O2/c15-7-1-2-11(10(16)5-7)18-13-8-3-6(8)4-9(13)12(17-18)14(19)20/h1-2,5-6,8,12,17H,3-4H2,(H,19,20)/t6-,8-,12?/m0/s1. The number of benzene rings is 1. The van der Waals surface area contributed by atoms with Crippen molar-refractivity contribution in [1.82, 2.24) is 5.43 Å². The van der Waals surface area contributed by atoms with Gasteiger partial charge in [0, 0.05) is 17.7 Å². The number of carboxylic acids is 1. The number of fused-ring (bicyclic) bond motifs is 2. The zero-order chi connectivity index (χ0) is 14.0. The molecule has 2 N–H and O–H groups in total. The number of rotatable bonds is 2. The van der Waals surface area contributed by atoms with Gasteiger partial charge in [0.05, 0.1) is 5.69 Å². The number of anilines is 1. The van der Waals surface area contributed by atoms with Crippen LogP contribution < -0.4 is 10.4 Å². The molecule has 3 atom stereocenters. The van der Waals surface area contributed by atoms with E-state index in [-0.39, 0.29) is 5.69 Å². The summed E-state index contributed by atoms with van der Waals surface area (Å²) in [6, 6.07) is 2.52. The minimum Gasteiger partial charge on any atom is -0.480 e. The van der Waals surface area contributed by atoms with Gasteiger partial charge in [-0.2, -0.15) is 0 Å². The monoisotopic (exact) mass is 278 g/mol. The third-order valence-corrected chi connectivity index (χ3v) is 4.33. The molecule has 0 aromatic heterocycles. The van der Waals surface area contributed by atoms with Crippen molar-refractivity contribution in [1.29, 1.82) is 0 Å². The SMILES string of the molecule is O=C(O)C1NN(c2ccc(F)cc2F)C2=C1C[C@@H]1C[C@H]21. The van der Waals surface area contributed by atoms with E-state index in [2.05, 4.69) is 5.43 Å². The van der Waals surface area contributed by atoms with Crippen LogP contribution in [-0.2, 0) is 4.79 Å². The van der Waals surface area contributed by atoms with Crippen LogP contribution in [-0.4, -0.2) is 17.1 Å². The van der Waals surface area contributed by atoms with Gasteiger partial charge in [-0.25, -0.2) is 14.2 Å². The molecule has 1 unspecified atom stereocenters. The van der Waals surface area contributed by atoms with Crippen molar-refractivity contribution in [2.75, 3.05) is 5.01 Å². The number of nitrogens with one attached hydrogen (secondary N) is 1. The largest absolute Gasteiger partial charge is 0.480 e. The fraction of sp³-hybridized carbons (Fsp3) is 0.357. The van der Waals surface area contributed by atoms with E-state index in [9.17, 15) is 18.7 Å². The molecule has 2 aliphatic carbocycles. The molecular weight excluding hydrogens is 266 g/mol. The topological polar surface area (TPSA) is 52.6 Å². The second-order valence-corrected chi connectivity index (χ2v) is 5.55. The van der Waals surface area contributed by atoms with Crippen LogP contribution in [0.5, 0.6) is 0 Å². The van der Waals surface area contributed by atoms with E-state index in [1.807, 2.05) is 0 Å². The lowest BCUT2D eigenvalue weighted by molar-refractivity contribution is -0.138. The van der Waals surface area contributed by atoms with Gasteiger partial charge in [-0.3, -0.25) is 9.80 Å². The highest BCUT2D eigenvalue weighted by atomic mass is 19.1. The highest BCUT2D eigenvalue weighted by Gasteiger charge is 2.55. The van der Waals surface area contributed by atoms with Crippen molar-refractivity contribution in [3.05, 3.63) is 41.1 Å². The van der Waals surface area contributed by atoms with Crippen molar-refractivity contribution < 1.29 is 18.7 Å². The predicted molar refractivity (Wildman–Crippen MR) is 66.6 cm³/mol. The van der Waals surface area contributed by atoms with Gasteiger partial charge in [0.25, 0.3) is 0 Å². The first-order valence-electron chi connectivity index (χ1n) is 6.53. The third kappa shape index (κ3) is 1.51. The number of allylic oxidation sites excluding steroid dienone is 1. The van der Waals surface area contributed by atoms with Gasteiger partial charge >= 0.3 is 5.97 Å². The Balaban J connectivity index is 1.77. The predicted octanol–water partition coefficient (Wildman–Crippen LogP) is 2.04. The maximum atomic E-state index is 13.9. The third-order valence-electron chi connectivity index (χ3n) is 4.33. The first kappa shape index (κ1) is 11.8. The number of hydrogen-bond acceptors (Lipinski definition) is 3. The van der Waals surface area contributed by atoms with E-state index in [0.29, 0.717) is 11.8 Å². The average molecular weight is 278 g/mol. The minimum absolute atomic E-state index is 0.176. The average Bonchev–Trinajstić information content (AvgIpc) is 2.89. The number of aliphatic carboxylic acids is 1. The van der Waals surface area contributed by atoms with Crippen LogP contribution in [0.3, 0.4) is 0 Å². The second-order valence-electron chi connectivity index (χ2n) is 5.55. The molecule has 1 aromatic carbocycles. The highest BCUT2D eigenvalue weighted by Crippen LogP contribution is 2.58. The summed E-state index contributed by atoms with van der Waals surface area (Å²) in [5.74, 6) is -1.50. The zero-order valence-corrected chi connectivity index (χ0v) is 10.4. The van der Waals surface area contributed by atoms with Crippen molar-refractivity contribution in [2.45, 2.75) is 18.9 Å². The Morgan fingerprint density at radius 2 is 2.20 bits per heavy atom.